The fraction of sp³-hybridized carbons (Fsp3) is 0.385. The van der Waals surface area contributed by atoms with E-state index in [4.69, 9.17) is 4.42 Å². The molecule has 112 valence electrons. The Kier molecular flexibility index (Phi) is 3.42. The van der Waals surface area contributed by atoms with E-state index in [0.29, 0.717) is 43.2 Å². The molecule has 0 bridgehead atoms. The normalized spacial score (nSPS) is 17.3. The van der Waals surface area contributed by atoms with Crippen LogP contribution in [0.15, 0.2) is 27.5 Å². The van der Waals surface area contributed by atoms with E-state index in [1.165, 1.54) is 16.4 Å². The second-order valence-electron chi connectivity index (χ2n) is 4.91. The van der Waals surface area contributed by atoms with Gasteiger partial charge in [-0.25, -0.2) is 13.4 Å². The molecule has 0 aliphatic carbocycles. The van der Waals surface area contributed by atoms with Crippen molar-refractivity contribution in [2.45, 2.75) is 11.8 Å². The molecule has 0 radical (unpaired) electrons. The first-order valence-electron chi connectivity index (χ1n) is 6.57. The SMILES string of the molecule is Cc1nc2cc(S(=O)(=O)N3CCN(C=O)CC3)ccc2o1. The van der Waals surface area contributed by atoms with Crippen LogP contribution in [0.3, 0.4) is 0 Å². The molecule has 7 nitrogen and oxygen atoms in total. The van der Waals surface area contributed by atoms with Gasteiger partial charge in [0, 0.05) is 33.1 Å². The molecular weight excluding hydrogens is 294 g/mol. The number of aryl methyl sites for hydroxylation is 1. The van der Waals surface area contributed by atoms with Crippen LogP contribution in [0, 0.1) is 6.92 Å². The molecular formula is C13H15N3O4S. The maximum Gasteiger partial charge on any atom is 0.243 e. The van der Waals surface area contributed by atoms with E-state index in [-0.39, 0.29) is 4.90 Å². The fourth-order valence-electron chi connectivity index (χ4n) is 2.38. The smallest absolute Gasteiger partial charge is 0.243 e. The topological polar surface area (TPSA) is 83.7 Å². The van der Waals surface area contributed by atoms with E-state index in [0.717, 1.165) is 6.41 Å². The molecule has 0 saturated carbocycles. The molecule has 3 rings (SSSR count). The average molecular weight is 309 g/mol. The van der Waals surface area contributed by atoms with Gasteiger partial charge in [0.05, 0.1) is 4.90 Å². The Morgan fingerprint density at radius 2 is 1.95 bits per heavy atom. The van der Waals surface area contributed by atoms with Crippen molar-refractivity contribution >= 4 is 27.5 Å². The van der Waals surface area contributed by atoms with Crippen molar-refractivity contribution in [3.8, 4) is 0 Å². The number of aromatic nitrogens is 1. The van der Waals surface area contributed by atoms with Crippen molar-refractivity contribution in [1.29, 1.82) is 0 Å². The third-order valence-corrected chi connectivity index (χ3v) is 5.42. The molecule has 0 spiro atoms. The minimum atomic E-state index is -3.57. The Balaban J connectivity index is 1.91. The number of hydrogen-bond acceptors (Lipinski definition) is 5. The third-order valence-electron chi connectivity index (χ3n) is 3.53. The monoisotopic (exact) mass is 309 g/mol. The van der Waals surface area contributed by atoms with E-state index in [9.17, 15) is 13.2 Å². The Morgan fingerprint density at radius 3 is 2.62 bits per heavy atom. The molecule has 0 atom stereocenters. The molecule has 8 heteroatoms. The van der Waals surface area contributed by atoms with E-state index in [1.54, 1.807) is 17.9 Å². The van der Waals surface area contributed by atoms with Crippen LogP contribution in [-0.4, -0.2) is 55.2 Å². The maximum absolute atomic E-state index is 12.6. The van der Waals surface area contributed by atoms with Crippen molar-refractivity contribution in [3.05, 3.63) is 24.1 Å². The number of piperazine rings is 1. The Bertz CT molecular complexity index is 776. The lowest BCUT2D eigenvalue weighted by molar-refractivity contribution is -0.119. The molecule has 2 heterocycles. The third kappa shape index (κ3) is 2.52. The molecule has 0 unspecified atom stereocenters. The first kappa shape index (κ1) is 14.0. The summed E-state index contributed by atoms with van der Waals surface area (Å²) in [7, 11) is -3.57. The van der Waals surface area contributed by atoms with Crippen LogP contribution >= 0.6 is 0 Å². The van der Waals surface area contributed by atoms with Crippen molar-refractivity contribution in [2.75, 3.05) is 26.2 Å². The Morgan fingerprint density at radius 1 is 1.24 bits per heavy atom. The zero-order chi connectivity index (χ0) is 15.0. The molecule has 0 N–H and O–H groups in total. The standard InChI is InChI=1S/C13H15N3O4S/c1-10-14-12-8-11(2-3-13(12)20-10)21(18,19)16-6-4-15(9-17)5-7-16/h2-3,8-9H,4-7H2,1H3. The van der Waals surface area contributed by atoms with Crippen molar-refractivity contribution < 1.29 is 17.6 Å². The predicted octanol–water partition coefficient (Wildman–Crippen LogP) is 0.599. The second-order valence-corrected chi connectivity index (χ2v) is 6.85. The average Bonchev–Trinajstić information content (AvgIpc) is 2.86. The summed E-state index contributed by atoms with van der Waals surface area (Å²) in [5, 5.41) is 0. The number of oxazole rings is 1. The number of fused-ring (bicyclic) bond motifs is 1. The van der Waals surface area contributed by atoms with Crippen molar-refractivity contribution in [1.82, 2.24) is 14.2 Å². The number of carbonyl (C=O) groups excluding carboxylic acids is 1. The highest BCUT2D eigenvalue weighted by molar-refractivity contribution is 7.89. The zero-order valence-electron chi connectivity index (χ0n) is 11.5. The minimum absolute atomic E-state index is 0.197. The summed E-state index contributed by atoms with van der Waals surface area (Å²) in [5.41, 5.74) is 1.09. The van der Waals surface area contributed by atoms with Gasteiger partial charge in [-0.2, -0.15) is 4.31 Å². The molecule has 1 fully saturated rings. The van der Waals surface area contributed by atoms with E-state index < -0.39 is 10.0 Å². The molecule has 1 aliphatic heterocycles. The maximum atomic E-state index is 12.6. The Labute approximate surface area is 122 Å². The van der Waals surface area contributed by atoms with Crippen molar-refractivity contribution in [2.24, 2.45) is 0 Å². The van der Waals surface area contributed by atoms with Crippen LogP contribution in [0.2, 0.25) is 0 Å². The second kappa shape index (κ2) is 5.12. The number of benzene rings is 1. The summed E-state index contributed by atoms with van der Waals surface area (Å²) in [5.74, 6) is 0.499. The summed E-state index contributed by atoms with van der Waals surface area (Å²) in [4.78, 5) is 16.6. The van der Waals surface area contributed by atoms with Crippen LogP contribution in [-0.2, 0) is 14.8 Å². The predicted molar refractivity (Wildman–Crippen MR) is 75.1 cm³/mol. The summed E-state index contributed by atoms with van der Waals surface area (Å²) in [6, 6.07) is 4.66. The number of hydrogen-bond donors (Lipinski definition) is 0. The summed E-state index contributed by atoms with van der Waals surface area (Å²) in [6.07, 6.45) is 0.744. The summed E-state index contributed by atoms with van der Waals surface area (Å²) >= 11 is 0. The van der Waals surface area contributed by atoms with Crippen LogP contribution < -0.4 is 0 Å². The van der Waals surface area contributed by atoms with Crippen LogP contribution in [0.1, 0.15) is 5.89 Å². The van der Waals surface area contributed by atoms with Crippen LogP contribution in [0.25, 0.3) is 11.1 Å². The molecule has 1 aromatic carbocycles. The van der Waals surface area contributed by atoms with Crippen LogP contribution in [0.5, 0.6) is 0 Å². The number of nitrogens with zero attached hydrogens (tertiary/aromatic N) is 3. The highest BCUT2D eigenvalue weighted by Crippen LogP contribution is 2.23. The first-order valence-corrected chi connectivity index (χ1v) is 8.01. The number of rotatable bonds is 3. The fourth-order valence-corrected chi connectivity index (χ4v) is 3.82. The Hall–Kier alpha value is -1.93. The van der Waals surface area contributed by atoms with Gasteiger partial charge in [0.15, 0.2) is 11.5 Å². The molecule has 21 heavy (non-hydrogen) atoms. The number of amides is 1. The number of carbonyl (C=O) groups is 1. The molecule has 1 aliphatic rings. The highest BCUT2D eigenvalue weighted by atomic mass is 32.2. The molecule has 1 aromatic heterocycles. The number of sulfonamides is 1. The van der Waals surface area contributed by atoms with Gasteiger partial charge in [-0.3, -0.25) is 4.79 Å². The lowest BCUT2D eigenvalue weighted by Crippen LogP contribution is -2.47. The van der Waals surface area contributed by atoms with Gasteiger partial charge < -0.3 is 9.32 Å². The molecule has 1 amide bonds. The van der Waals surface area contributed by atoms with Gasteiger partial charge in [-0.05, 0) is 18.2 Å². The van der Waals surface area contributed by atoms with Gasteiger partial charge in [-0.15, -0.1) is 0 Å². The van der Waals surface area contributed by atoms with E-state index >= 15 is 0 Å². The van der Waals surface area contributed by atoms with Gasteiger partial charge in [0.2, 0.25) is 16.4 Å². The first-order chi connectivity index (χ1) is 10.0. The van der Waals surface area contributed by atoms with Crippen LogP contribution in [0.4, 0.5) is 0 Å². The minimum Gasteiger partial charge on any atom is -0.441 e. The van der Waals surface area contributed by atoms with E-state index in [1.807, 2.05) is 0 Å². The molecule has 1 saturated heterocycles. The van der Waals surface area contributed by atoms with Gasteiger partial charge in [-0.1, -0.05) is 0 Å². The largest absolute Gasteiger partial charge is 0.441 e. The van der Waals surface area contributed by atoms with E-state index in [2.05, 4.69) is 4.98 Å². The molecule has 2 aromatic rings. The van der Waals surface area contributed by atoms with Gasteiger partial charge in [0.1, 0.15) is 5.52 Å². The lowest BCUT2D eigenvalue weighted by Gasteiger charge is -2.31. The zero-order valence-corrected chi connectivity index (χ0v) is 12.3. The van der Waals surface area contributed by atoms with Gasteiger partial charge >= 0.3 is 0 Å². The van der Waals surface area contributed by atoms with Crippen molar-refractivity contribution in [3.63, 3.8) is 0 Å². The van der Waals surface area contributed by atoms with Gasteiger partial charge in [0.25, 0.3) is 0 Å². The summed E-state index contributed by atoms with van der Waals surface area (Å²) < 4.78 is 31.9. The lowest BCUT2D eigenvalue weighted by atomic mass is 10.3. The quantitative estimate of drug-likeness (QED) is 0.775. The summed E-state index contributed by atoms with van der Waals surface area (Å²) in [6.45, 7) is 3.14. The highest BCUT2D eigenvalue weighted by Gasteiger charge is 2.28.